The minimum absolute atomic E-state index is 0.154. The second-order valence-electron chi connectivity index (χ2n) is 5.66. The number of benzene rings is 1. The van der Waals surface area contributed by atoms with Crippen LogP contribution in [-0.2, 0) is 10.0 Å². The molecule has 1 fully saturated rings. The lowest BCUT2D eigenvalue weighted by atomic mass is 9.90. The molecule has 8 heteroatoms. The molecule has 2 rings (SSSR count). The maximum Gasteiger partial charge on any atom is 0.276 e. The predicted octanol–water partition coefficient (Wildman–Crippen LogP) is 2.75. The Labute approximate surface area is 129 Å². The molecule has 120 valence electrons. The molecular formula is C14H19N3O4S. The van der Waals surface area contributed by atoms with E-state index in [0.29, 0.717) is 11.5 Å². The number of rotatable bonds is 4. The lowest BCUT2D eigenvalue weighted by Crippen LogP contribution is -2.22. The van der Waals surface area contributed by atoms with Gasteiger partial charge in [-0.3, -0.25) is 10.1 Å². The van der Waals surface area contributed by atoms with Crippen LogP contribution >= 0.6 is 0 Å². The normalized spacial score (nSPS) is 18.8. The van der Waals surface area contributed by atoms with Gasteiger partial charge in [0.1, 0.15) is 0 Å². The highest BCUT2D eigenvalue weighted by Gasteiger charge is 2.20. The monoisotopic (exact) mass is 325 g/mol. The highest BCUT2D eigenvalue weighted by atomic mass is 32.2. The van der Waals surface area contributed by atoms with Crippen LogP contribution in [0.25, 0.3) is 0 Å². The fourth-order valence-corrected chi connectivity index (χ4v) is 3.21. The van der Waals surface area contributed by atoms with Gasteiger partial charge in [0, 0.05) is 17.3 Å². The number of nitrogens with one attached hydrogen (secondary N) is 1. The molecule has 1 aromatic carbocycles. The quantitative estimate of drug-likeness (QED) is 0.679. The van der Waals surface area contributed by atoms with Gasteiger partial charge < -0.3 is 0 Å². The Kier molecular flexibility index (Phi) is 4.80. The zero-order valence-electron chi connectivity index (χ0n) is 12.6. The Bertz CT molecular complexity index is 703. The number of hydrogen-bond donors (Lipinski definition) is 1. The number of nitro benzene ring substituents is 1. The number of sulfonamides is 1. The smallest absolute Gasteiger partial charge is 0.258 e. The van der Waals surface area contributed by atoms with E-state index in [1.54, 1.807) is 6.92 Å². The summed E-state index contributed by atoms with van der Waals surface area (Å²) in [6.07, 6.45) is 3.54. The van der Waals surface area contributed by atoms with E-state index in [1.807, 2.05) is 0 Å². The van der Waals surface area contributed by atoms with Crippen LogP contribution in [0.4, 0.5) is 5.69 Å². The molecule has 1 aliphatic carbocycles. The Balaban J connectivity index is 2.19. The van der Waals surface area contributed by atoms with E-state index >= 15 is 0 Å². The van der Waals surface area contributed by atoms with Crippen LogP contribution in [0.3, 0.4) is 0 Å². The molecule has 0 bridgehead atoms. The SMILES string of the molecule is Cc1ccc(S(=O)(=O)NN=C2CCC(C)CC2)cc1[N+](=O)[O-]. The molecule has 1 N–H and O–H groups in total. The van der Waals surface area contributed by atoms with E-state index in [9.17, 15) is 18.5 Å². The summed E-state index contributed by atoms with van der Waals surface area (Å²) in [6.45, 7) is 3.72. The van der Waals surface area contributed by atoms with Crippen molar-refractivity contribution < 1.29 is 13.3 Å². The lowest BCUT2D eigenvalue weighted by Gasteiger charge is -2.18. The summed E-state index contributed by atoms with van der Waals surface area (Å²) in [5.74, 6) is 0.635. The highest BCUT2D eigenvalue weighted by molar-refractivity contribution is 7.89. The summed E-state index contributed by atoms with van der Waals surface area (Å²) in [5.41, 5.74) is 1.02. The van der Waals surface area contributed by atoms with Gasteiger partial charge in [-0.05, 0) is 44.6 Å². The summed E-state index contributed by atoms with van der Waals surface area (Å²) in [4.78, 5) is 12.3. The van der Waals surface area contributed by atoms with Crippen LogP contribution in [0.15, 0.2) is 28.2 Å². The number of nitrogens with zero attached hydrogens (tertiary/aromatic N) is 2. The van der Waals surface area contributed by atoms with Crippen LogP contribution < -0.4 is 4.83 Å². The van der Waals surface area contributed by atoms with Crippen LogP contribution in [0.2, 0.25) is 0 Å². The molecule has 1 aliphatic rings. The van der Waals surface area contributed by atoms with Crippen LogP contribution in [0, 0.1) is 23.0 Å². The third-order valence-electron chi connectivity index (χ3n) is 3.86. The molecule has 0 saturated heterocycles. The van der Waals surface area contributed by atoms with Gasteiger partial charge >= 0.3 is 0 Å². The topological polar surface area (TPSA) is 102 Å². The fraction of sp³-hybridized carbons (Fsp3) is 0.500. The molecule has 0 spiro atoms. The Morgan fingerprint density at radius 2 is 1.95 bits per heavy atom. The molecule has 0 radical (unpaired) electrons. The number of hydrazone groups is 1. The maximum absolute atomic E-state index is 12.2. The van der Waals surface area contributed by atoms with Gasteiger partial charge in [0.25, 0.3) is 15.7 Å². The first-order chi connectivity index (χ1) is 10.3. The Hall–Kier alpha value is -1.96. The fourth-order valence-electron chi connectivity index (χ4n) is 2.34. The lowest BCUT2D eigenvalue weighted by molar-refractivity contribution is -0.385. The van der Waals surface area contributed by atoms with Crippen LogP contribution in [-0.4, -0.2) is 19.1 Å². The molecule has 1 aromatic rings. The summed E-state index contributed by atoms with van der Waals surface area (Å²) < 4.78 is 24.4. The van der Waals surface area contributed by atoms with E-state index in [-0.39, 0.29) is 10.6 Å². The molecule has 0 unspecified atom stereocenters. The second kappa shape index (κ2) is 6.43. The Morgan fingerprint density at radius 1 is 1.32 bits per heavy atom. The molecule has 0 heterocycles. The van der Waals surface area contributed by atoms with E-state index in [2.05, 4.69) is 16.9 Å². The van der Waals surface area contributed by atoms with Gasteiger partial charge in [-0.1, -0.05) is 13.0 Å². The molecule has 7 nitrogen and oxygen atoms in total. The van der Waals surface area contributed by atoms with Crippen molar-refractivity contribution in [3.8, 4) is 0 Å². The third-order valence-corrected chi connectivity index (χ3v) is 5.07. The van der Waals surface area contributed by atoms with Crippen LogP contribution in [0.5, 0.6) is 0 Å². The maximum atomic E-state index is 12.2. The average Bonchev–Trinajstić information content (AvgIpc) is 2.46. The minimum atomic E-state index is -3.89. The van der Waals surface area contributed by atoms with Crippen molar-refractivity contribution >= 4 is 21.4 Å². The summed E-state index contributed by atoms with van der Waals surface area (Å²) in [5, 5.41) is 14.9. The highest BCUT2D eigenvalue weighted by Crippen LogP contribution is 2.23. The van der Waals surface area contributed by atoms with Crippen LogP contribution in [0.1, 0.15) is 38.2 Å². The standard InChI is InChI=1S/C14H19N3O4S/c1-10-3-6-12(7-4-10)15-16-22(20,21)13-8-5-11(2)14(9-13)17(18)19/h5,8-10,16H,3-4,6-7H2,1-2H3. The van der Waals surface area contributed by atoms with E-state index in [0.717, 1.165) is 37.5 Å². The second-order valence-corrected chi connectivity index (χ2v) is 7.32. The molecule has 0 atom stereocenters. The molecular weight excluding hydrogens is 306 g/mol. The first-order valence-electron chi connectivity index (χ1n) is 7.12. The van der Waals surface area contributed by atoms with Gasteiger partial charge in [-0.2, -0.15) is 13.5 Å². The predicted molar refractivity (Wildman–Crippen MR) is 83.2 cm³/mol. The van der Waals surface area contributed by atoms with E-state index in [1.165, 1.54) is 12.1 Å². The molecule has 0 aliphatic heterocycles. The van der Waals surface area contributed by atoms with Gasteiger partial charge in [-0.25, -0.2) is 4.83 Å². The first-order valence-corrected chi connectivity index (χ1v) is 8.60. The number of hydrogen-bond acceptors (Lipinski definition) is 5. The van der Waals surface area contributed by atoms with Gasteiger partial charge in [0.2, 0.25) is 0 Å². The summed E-state index contributed by atoms with van der Waals surface area (Å²) in [6, 6.07) is 3.82. The van der Waals surface area contributed by atoms with Crippen molar-refractivity contribution in [2.45, 2.75) is 44.4 Å². The van der Waals surface area contributed by atoms with E-state index < -0.39 is 14.9 Å². The average molecular weight is 325 g/mol. The third kappa shape index (κ3) is 3.82. The number of aryl methyl sites for hydroxylation is 1. The van der Waals surface area contributed by atoms with Gasteiger partial charge in [0.05, 0.1) is 9.82 Å². The Morgan fingerprint density at radius 3 is 2.55 bits per heavy atom. The molecule has 22 heavy (non-hydrogen) atoms. The number of nitro groups is 1. The van der Waals surface area contributed by atoms with Crippen molar-refractivity contribution in [2.75, 3.05) is 0 Å². The zero-order valence-corrected chi connectivity index (χ0v) is 13.4. The summed E-state index contributed by atoms with van der Waals surface area (Å²) >= 11 is 0. The zero-order chi connectivity index (χ0) is 16.3. The molecule has 0 aromatic heterocycles. The summed E-state index contributed by atoms with van der Waals surface area (Å²) in [7, 11) is -3.89. The minimum Gasteiger partial charge on any atom is -0.258 e. The first kappa shape index (κ1) is 16.4. The molecule has 0 amide bonds. The van der Waals surface area contributed by atoms with Crippen molar-refractivity contribution in [3.63, 3.8) is 0 Å². The molecule has 1 saturated carbocycles. The van der Waals surface area contributed by atoms with Gasteiger partial charge in [-0.15, -0.1) is 0 Å². The van der Waals surface area contributed by atoms with Gasteiger partial charge in [0.15, 0.2) is 0 Å². The van der Waals surface area contributed by atoms with E-state index in [4.69, 9.17) is 0 Å². The van der Waals surface area contributed by atoms with Crippen molar-refractivity contribution in [1.82, 2.24) is 4.83 Å². The van der Waals surface area contributed by atoms with Crippen molar-refractivity contribution in [3.05, 3.63) is 33.9 Å². The van der Waals surface area contributed by atoms with Crippen molar-refractivity contribution in [2.24, 2.45) is 11.0 Å². The van der Waals surface area contributed by atoms with Crippen molar-refractivity contribution in [1.29, 1.82) is 0 Å². The largest absolute Gasteiger partial charge is 0.276 e.